The van der Waals surface area contributed by atoms with Gasteiger partial charge in [-0.3, -0.25) is 4.90 Å². The van der Waals surface area contributed by atoms with Crippen molar-refractivity contribution in [2.24, 2.45) is 0 Å². The Balaban J connectivity index is 0.000000810. The molecule has 58 valence electrons. The van der Waals surface area contributed by atoms with Crippen LogP contribution in [0.4, 0.5) is 0 Å². The molecule has 0 spiro atoms. The van der Waals surface area contributed by atoms with Crippen molar-refractivity contribution in [3.63, 3.8) is 0 Å². The average Bonchev–Trinajstić information content (AvgIpc) is 1.88. The van der Waals surface area contributed by atoms with Gasteiger partial charge in [0.05, 0.1) is 0 Å². The van der Waals surface area contributed by atoms with Crippen LogP contribution in [-0.4, -0.2) is 37.5 Å². The fourth-order valence-corrected chi connectivity index (χ4v) is 0.871. The maximum Gasteiger partial charge on any atom is 0.146 e. The summed E-state index contributed by atoms with van der Waals surface area (Å²) in [5.74, 6) is 1.85. The molecule has 10 heavy (non-hydrogen) atoms. The lowest BCUT2D eigenvalue weighted by molar-refractivity contribution is 0.324. The maximum atomic E-state index is 10.1. The normalized spacial score (nSPS) is 18.7. The van der Waals surface area contributed by atoms with Gasteiger partial charge in [0.2, 0.25) is 0 Å². The zero-order valence-corrected chi connectivity index (χ0v) is 6.70. The molecule has 0 saturated carbocycles. The lowest BCUT2D eigenvalue weighted by Gasteiger charge is -2.23. The van der Waals surface area contributed by atoms with E-state index in [0.717, 1.165) is 13.1 Å². The molecule has 0 atom stereocenters. The Morgan fingerprint density at radius 2 is 2.40 bits per heavy atom. The molecule has 1 heterocycles. The van der Waals surface area contributed by atoms with E-state index in [2.05, 4.69) is 10.2 Å². The van der Waals surface area contributed by atoms with Crippen molar-refractivity contribution in [2.45, 2.75) is 0 Å². The predicted molar refractivity (Wildman–Crippen MR) is 42.0 cm³/mol. The van der Waals surface area contributed by atoms with Gasteiger partial charge in [0.25, 0.3) is 0 Å². The summed E-state index contributed by atoms with van der Waals surface area (Å²) in [7, 11) is 1.98. The number of carbonyl (C=O) groups excluding carboxylic acids is 1. The van der Waals surface area contributed by atoms with Crippen LogP contribution in [0.1, 0.15) is 0 Å². The number of likely N-dealkylation sites (N-methyl/N-ethyl adjacent to an activating group) is 1. The number of rotatable bonds is 0. The highest BCUT2D eigenvalue weighted by atomic mass is 35.5. The van der Waals surface area contributed by atoms with Gasteiger partial charge in [0.15, 0.2) is 0 Å². The van der Waals surface area contributed by atoms with E-state index < -0.39 is 0 Å². The number of hydrogen-bond donors (Lipinski definition) is 1. The molecule has 0 amide bonds. The smallest absolute Gasteiger partial charge is 0.146 e. The minimum atomic E-state index is 0. The van der Waals surface area contributed by atoms with Gasteiger partial charge in [0, 0.05) is 19.6 Å². The molecule has 1 fully saturated rings. The Morgan fingerprint density at radius 3 is 2.80 bits per heavy atom. The second-order valence-corrected chi connectivity index (χ2v) is 2.25. The third kappa shape index (κ3) is 2.40. The summed E-state index contributed by atoms with van der Waals surface area (Å²) in [4.78, 5) is 12.1. The third-order valence-electron chi connectivity index (χ3n) is 1.38. The zero-order valence-electron chi connectivity index (χ0n) is 5.89. The SMILES string of the molecule is CN1CCNC(=C=O)C1.Cl. The quantitative estimate of drug-likeness (QED) is 0.495. The predicted octanol–water partition coefficient (Wildman–Crippen LogP) is -0.341. The first-order valence-corrected chi connectivity index (χ1v) is 2.99. The average molecular weight is 163 g/mol. The van der Waals surface area contributed by atoms with E-state index in [-0.39, 0.29) is 12.4 Å². The van der Waals surface area contributed by atoms with Crippen molar-refractivity contribution in [3.05, 3.63) is 5.70 Å². The van der Waals surface area contributed by atoms with Crippen LogP contribution in [0.3, 0.4) is 0 Å². The summed E-state index contributed by atoms with van der Waals surface area (Å²) >= 11 is 0. The second kappa shape index (κ2) is 4.34. The number of nitrogens with zero attached hydrogens (tertiary/aromatic N) is 1. The van der Waals surface area contributed by atoms with Crippen molar-refractivity contribution in [1.29, 1.82) is 0 Å². The number of piperazine rings is 1. The lowest BCUT2D eigenvalue weighted by Crippen LogP contribution is -2.39. The van der Waals surface area contributed by atoms with Crippen LogP contribution in [-0.2, 0) is 4.79 Å². The first-order chi connectivity index (χ1) is 4.33. The molecule has 0 aromatic heterocycles. The van der Waals surface area contributed by atoms with E-state index >= 15 is 0 Å². The largest absolute Gasteiger partial charge is 0.377 e. The minimum Gasteiger partial charge on any atom is -0.377 e. The molecule has 0 aliphatic carbocycles. The molecular weight excluding hydrogens is 152 g/mol. The van der Waals surface area contributed by atoms with Gasteiger partial charge in [-0.05, 0) is 7.05 Å². The molecule has 1 aliphatic rings. The highest BCUT2D eigenvalue weighted by Crippen LogP contribution is 1.93. The standard InChI is InChI=1S/C6H10N2O.ClH/c1-8-3-2-7-6(4-8)5-9;/h7H,2-4H2,1H3;1H. The summed E-state index contributed by atoms with van der Waals surface area (Å²) in [6, 6.07) is 0. The van der Waals surface area contributed by atoms with Gasteiger partial charge in [-0.2, -0.15) is 0 Å². The van der Waals surface area contributed by atoms with Gasteiger partial charge in [-0.1, -0.05) is 0 Å². The molecule has 1 rings (SSSR count). The molecule has 1 saturated heterocycles. The number of hydrogen-bond acceptors (Lipinski definition) is 3. The van der Waals surface area contributed by atoms with Crippen LogP contribution < -0.4 is 5.32 Å². The molecule has 1 aliphatic heterocycles. The number of halogens is 1. The summed E-state index contributed by atoms with van der Waals surface area (Å²) in [6.07, 6.45) is 0. The van der Waals surface area contributed by atoms with E-state index in [1.165, 1.54) is 0 Å². The highest BCUT2D eigenvalue weighted by Gasteiger charge is 2.08. The van der Waals surface area contributed by atoms with Crippen LogP contribution >= 0.6 is 12.4 Å². The highest BCUT2D eigenvalue weighted by molar-refractivity contribution is 5.85. The Hall–Kier alpha value is -0.500. The molecule has 3 nitrogen and oxygen atoms in total. The summed E-state index contributed by atoms with van der Waals surface area (Å²) in [5, 5.41) is 2.95. The monoisotopic (exact) mass is 162 g/mol. The molecule has 0 aromatic rings. The summed E-state index contributed by atoms with van der Waals surface area (Å²) in [5.41, 5.74) is 0.670. The van der Waals surface area contributed by atoms with Crippen molar-refractivity contribution >= 4 is 18.3 Å². The maximum absolute atomic E-state index is 10.1. The Labute approximate surface area is 66.5 Å². The van der Waals surface area contributed by atoms with Gasteiger partial charge in [0.1, 0.15) is 11.6 Å². The van der Waals surface area contributed by atoms with Crippen LogP contribution in [0.2, 0.25) is 0 Å². The summed E-state index contributed by atoms with van der Waals surface area (Å²) < 4.78 is 0. The van der Waals surface area contributed by atoms with E-state index in [1.807, 2.05) is 13.0 Å². The van der Waals surface area contributed by atoms with Gasteiger partial charge < -0.3 is 5.32 Å². The number of nitrogens with one attached hydrogen (secondary N) is 1. The molecule has 0 bridgehead atoms. The van der Waals surface area contributed by atoms with Crippen molar-refractivity contribution in [1.82, 2.24) is 10.2 Å². The second-order valence-electron chi connectivity index (χ2n) is 2.25. The minimum absolute atomic E-state index is 0. The van der Waals surface area contributed by atoms with Crippen molar-refractivity contribution in [2.75, 3.05) is 26.7 Å². The topological polar surface area (TPSA) is 32.3 Å². The fraction of sp³-hybridized carbons (Fsp3) is 0.667. The van der Waals surface area contributed by atoms with Crippen molar-refractivity contribution in [3.8, 4) is 0 Å². The van der Waals surface area contributed by atoms with E-state index in [1.54, 1.807) is 0 Å². The van der Waals surface area contributed by atoms with E-state index in [9.17, 15) is 4.79 Å². The van der Waals surface area contributed by atoms with Crippen LogP contribution in [0.15, 0.2) is 5.70 Å². The Kier molecular flexibility index (Phi) is 4.12. The zero-order chi connectivity index (χ0) is 6.69. The molecule has 4 heteroatoms. The molecule has 0 unspecified atom stereocenters. The Morgan fingerprint density at radius 1 is 1.70 bits per heavy atom. The first kappa shape index (κ1) is 9.50. The molecule has 0 radical (unpaired) electrons. The molecule has 1 N–H and O–H groups in total. The van der Waals surface area contributed by atoms with Crippen LogP contribution in [0.5, 0.6) is 0 Å². The van der Waals surface area contributed by atoms with Gasteiger partial charge in [-0.15, -0.1) is 12.4 Å². The molecule has 0 aromatic carbocycles. The van der Waals surface area contributed by atoms with Crippen LogP contribution in [0, 0.1) is 0 Å². The molecular formula is C6H11ClN2O. The third-order valence-corrected chi connectivity index (χ3v) is 1.38. The van der Waals surface area contributed by atoms with Crippen molar-refractivity contribution < 1.29 is 4.79 Å². The van der Waals surface area contributed by atoms with E-state index in [0.29, 0.717) is 12.2 Å². The first-order valence-electron chi connectivity index (χ1n) is 2.99. The lowest BCUT2D eigenvalue weighted by atomic mass is 10.3. The Bertz CT molecular complexity index is 154. The van der Waals surface area contributed by atoms with Crippen LogP contribution in [0.25, 0.3) is 0 Å². The fourth-order valence-electron chi connectivity index (χ4n) is 0.871. The summed E-state index contributed by atoms with van der Waals surface area (Å²) in [6.45, 7) is 2.58. The van der Waals surface area contributed by atoms with Gasteiger partial charge in [-0.25, -0.2) is 4.79 Å². The van der Waals surface area contributed by atoms with E-state index in [4.69, 9.17) is 0 Å². The van der Waals surface area contributed by atoms with Gasteiger partial charge >= 0.3 is 0 Å².